The van der Waals surface area contributed by atoms with Gasteiger partial charge in [-0.1, -0.05) is 42.8 Å². The van der Waals surface area contributed by atoms with Gasteiger partial charge in [0.05, 0.1) is 23.4 Å². The molecule has 14 nitrogen and oxygen atoms in total. The highest BCUT2D eigenvalue weighted by atomic mass is 35.5. The summed E-state index contributed by atoms with van der Waals surface area (Å²) in [5.74, 6) is 2.25. The van der Waals surface area contributed by atoms with Crippen LogP contribution in [0.3, 0.4) is 0 Å². The van der Waals surface area contributed by atoms with Crippen LogP contribution in [0.4, 0.5) is 0 Å². The molecule has 0 aliphatic carbocycles. The molecule has 1 atom stereocenters. The Balaban J connectivity index is 0.788. The number of H-pyrrole nitrogens is 1. The summed E-state index contributed by atoms with van der Waals surface area (Å²) in [7, 11) is 0. The molecule has 9 rings (SSSR count). The van der Waals surface area contributed by atoms with Crippen molar-refractivity contribution in [3.8, 4) is 33.6 Å². The van der Waals surface area contributed by atoms with E-state index in [0.29, 0.717) is 40.0 Å². The smallest absolute Gasteiger partial charge is 0.348 e. The van der Waals surface area contributed by atoms with Crippen LogP contribution >= 0.6 is 22.9 Å². The molecule has 0 bridgehead atoms. The molecule has 2 saturated heterocycles. The third-order valence-electron chi connectivity index (χ3n) is 12.8. The van der Waals surface area contributed by atoms with E-state index in [1.807, 2.05) is 67.3 Å². The van der Waals surface area contributed by atoms with Gasteiger partial charge in [0.2, 0.25) is 5.91 Å². The fourth-order valence-electron chi connectivity index (χ4n) is 9.10. The van der Waals surface area contributed by atoms with E-state index < -0.39 is 11.7 Å². The second kappa shape index (κ2) is 17.3. The summed E-state index contributed by atoms with van der Waals surface area (Å²) in [6, 6.07) is 18.1. The van der Waals surface area contributed by atoms with Gasteiger partial charge in [0.15, 0.2) is 11.6 Å². The van der Waals surface area contributed by atoms with Crippen LogP contribution in [0.2, 0.25) is 5.02 Å². The zero-order valence-corrected chi connectivity index (χ0v) is 37.0. The maximum absolute atomic E-state index is 14.0. The number of carbonyl (C=O) groups is 1. The van der Waals surface area contributed by atoms with Gasteiger partial charge in [0, 0.05) is 79.5 Å². The number of nitrogens with zero attached hydrogens (tertiary/aromatic N) is 9. The van der Waals surface area contributed by atoms with Crippen molar-refractivity contribution >= 4 is 34.6 Å². The Morgan fingerprint density at radius 3 is 2.31 bits per heavy atom. The number of nitrogens with one attached hydrogen (secondary N) is 1. The maximum atomic E-state index is 14.0. The molecule has 6 aromatic rings. The molecule has 2 fully saturated rings. The Labute approximate surface area is 369 Å². The lowest BCUT2D eigenvalue weighted by Gasteiger charge is -2.39. The Morgan fingerprint density at radius 1 is 0.887 bits per heavy atom. The van der Waals surface area contributed by atoms with Crippen molar-refractivity contribution in [2.24, 2.45) is 10.9 Å². The number of hydrogen-bond acceptors (Lipinski definition) is 11. The van der Waals surface area contributed by atoms with Gasteiger partial charge in [-0.15, -0.1) is 21.5 Å². The summed E-state index contributed by atoms with van der Waals surface area (Å²) in [6.07, 6.45) is 2.74. The van der Waals surface area contributed by atoms with Crippen LogP contribution in [-0.2, 0) is 17.8 Å². The summed E-state index contributed by atoms with van der Waals surface area (Å²) in [4.78, 5) is 40.5. The minimum atomic E-state index is -0.476. The number of likely N-dealkylation sites (tertiary alicyclic amines) is 1. The maximum Gasteiger partial charge on any atom is 0.348 e. The first-order valence-electron chi connectivity index (χ1n) is 21.4. The van der Waals surface area contributed by atoms with E-state index >= 15 is 0 Å². The Kier molecular flexibility index (Phi) is 11.6. The first kappa shape index (κ1) is 41.7. The van der Waals surface area contributed by atoms with Gasteiger partial charge in [-0.3, -0.25) is 19.3 Å². The monoisotopic (exact) mass is 874 g/mol. The summed E-state index contributed by atoms with van der Waals surface area (Å²) in [6.45, 7) is 15.3. The average molecular weight is 875 g/mol. The van der Waals surface area contributed by atoms with Crippen LogP contribution in [0.5, 0.6) is 11.5 Å². The number of fused-ring (bicyclic) bond motifs is 3. The molecule has 322 valence electrons. The molecule has 62 heavy (non-hydrogen) atoms. The van der Waals surface area contributed by atoms with Crippen LogP contribution in [0.1, 0.15) is 76.6 Å². The molecule has 0 saturated carbocycles. The molecule has 1 amide bonds. The quantitative estimate of drug-likeness (QED) is 0.135. The molecule has 3 N–H and O–H groups in total. The van der Waals surface area contributed by atoms with E-state index in [-0.39, 0.29) is 29.7 Å². The number of piperazine rings is 1. The minimum Gasteiger partial charge on any atom is -0.508 e. The number of halogens is 1. The zero-order valence-electron chi connectivity index (χ0n) is 35.4. The number of carbonyl (C=O) groups excluding carboxylic acids is 1. The molecule has 3 aliphatic rings. The van der Waals surface area contributed by atoms with Crippen LogP contribution in [0.25, 0.3) is 22.1 Å². The molecular weight excluding hydrogens is 824 g/mol. The van der Waals surface area contributed by atoms with E-state index in [1.165, 1.54) is 21.1 Å². The predicted molar refractivity (Wildman–Crippen MR) is 241 cm³/mol. The minimum absolute atomic E-state index is 0.00572. The lowest BCUT2D eigenvalue weighted by molar-refractivity contribution is -0.133. The van der Waals surface area contributed by atoms with Crippen molar-refractivity contribution in [3.63, 3.8) is 0 Å². The van der Waals surface area contributed by atoms with Crippen molar-refractivity contribution in [2.45, 2.75) is 66.0 Å². The van der Waals surface area contributed by atoms with E-state index in [2.05, 4.69) is 48.6 Å². The molecule has 0 radical (unpaired) electrons. The highest BCUT2D eigenvalue weighted by Gasteiger charge is 2.34. The molecule has 6 heterocycles. The number of thiophene rings is 1. The largest absolute Gasteiger partial charge is 0.508 e. The summed E-state index contributed by atoms with van der Waals surface area (Å²) >= 11 is 8.00. The number of aromatic hydroxyl groups is 2. The zero-order chi connectivity index (χ0) is 43.2. The Bertz CT molecular complexity index is 2700. The van der Waals surface area contributed by atoms with Crippen LogP contribution in [0.15, 0.2) is 70.5 Å². The number of phenolic OH excluding ortho intramolecular Hbond substituents is 2. The number of phenols is 2. The lowest BCUT2D eigenvalue weighted by Crippen LogP contribution is -2.48. The first-order chi connectivity index (χ1) is 29.9. The van der Waals surface area contributed by atoms with Crippen LogP contribution in [0, 0.1) is 26.7 Å². The number of aromatic amines is 1. The highest BCUT2D eigenvalue weighted by Crippen LogP contribution is 2.40. The van der Waals surface area contributed by atoms with Gasteiger partial charge in [0.1, 0.15) is 28.4 Å². The van der Waals surface area contributed by atoms with Crippen LogP contribution in [-0.4, -0.2) is 112 Å². The number of benzene rings is 3. The molecule has 3 aliphatic heterocycles. The fraction of sp³-hybridized carbons (Fsp3) is 0.391. The normalized spacial score (nSPS) is 17.5. The van der Waals surface area contributed by atoms with Crippen LogP contribution < -0.4 is 5.69 Å². The number of rotatable bonds is 10. The van der Waals surface area contributed by atoms with Gasteiger partial charge in [-0.25, -0.2) is 14.5 Å². The van der Waals surface area contributed by atoms with Crippen molar-refractivity contribution in [3.05, 3.63) is 121 Å². The summed E-state index contributed by atoms with van der Waals surface area (Å²) in [5.41, 5.74) is 6.43. The fourth-order valence-corrected chi connectivity index (χ4v) is 10.4. The summed E-state index contributed by atoms with van der Waals surface area (Å²) in [5, 5.41) is 38.3. The highest BCUT2D eigenvalue weighted by molar-refractivity contribution is 7.15. The van der Waals surface area contributed by atoms with Gasteiger partial charge >= 0.3 is 5.69 Å². The lowest BCUT2D eigenvalue weighted by atomic mass is 9.95. The number of piperidine rings is 1. The molecule has 0 spiro atoms. The SMILES string of the molecule is CCc1cc(-c2n[nH]c(=O)n2-c2ccc(CN3CCN(CC4CCN(C(=O)C[C@@H]5N=C(c6ccc(Cl)cc6)c6c(sc(C)c6C)-n6c(C)nnc65)CC4)CC3)cc2)c(O)cc1O. The first-order valence-corrected chi connectivity index (χ1v) is 22.6. The van der Waals surface area contributed by atoms with Crippen molar-refractivity contribution in [1.82, 2.24) is 44.2 Å². The van der Waals surface area contributed by atoms with E-state index in [0.717, 1.165) is 98.4 Å². The van der Waals surface area contributed by atoms with E-state index in [9.17, 15) is 19.8 Å². The second-order valence-corrected chi connectivity index (χ2v) is 18.4. The standard InChI is InChI=1S/C46H51ClN10O4S/c1-5-32-22-36(39(59)24-38(32)58)43-50-52-46(61)57(43)35-12-6-30(7-13-35)25-53-18-20-54(21-19-53)26-31-14-16-55(17-15-31)40(60)23-37-44-51-49-29(4)56(44)45-41(27(2)28(3)62-45)42(48-37)33-8-10-34(47)11-9-33/h6-13,22,24,31,37,58-59H,5,14-21,23,25-26H2,1-4H3,(H,52,61)/t37-/m0/s1. The number of aryl methyl sites for hydroxylation is 3. The molecular formula is C46H51ClN10O4S. The average Bonchev–Trinajstić information content (AvgIpc) is 3.91. The third-order valence-corrected chi connectivity index (χ3v) is 14.2. The topological polar surface area (TPSA) is 161 Å². The number of aliphatic imine (C=N–C) groups is 1. The molecule has 0 unspecified atom stereocenters. The van der Waals surface area contributed by atoms with Gasteiger partial charge in [-0.2, -0.15) is 5.10 Å². The summed E-state index contributed by atoms with van der Waals surface area (Å²) < 4.78 is 3.54. The van der Waals surface area contributed by atoms with E-state index in [4.69, 9.17) is 16.6 Å². The Morgan fingerprint density at radius 2 is 1.60 bits per heavy atom. The van der Waals surface area contributed by atoms with Gasteiger partial charge in [0.25, 0.3) is 0 Å². The third kappa shape index (κ3) is 8.10. The number of amides is 1. The number of aromatic nitrogens is 6. The second-order valence-electron chi connectivity index (χ2n) is 16.7. The Hall–Kier alpha value is -5.61. The molecule has 3 aromatic carbocycles. The van der Waals surface area contributed by atoms with Crippen molar-refractivity contribution in [2.75, 3.05) is 45.8 Å². The van der Waals surface area contributed by atoms with Crippen molar-refractivity contribution < 1.29 is 15.0 Å². The van der Waals surface area contributed by atoms with E-state index in [1.54, 1.807) is 17.4 Å². The van der Waals surface area contributed by atoms with Gasteiger partial charge in [-0.05, 0) is 93.0 Å². The predicted octanol–water partition coefficient (Wildman–Crippen LogP) is 6.76. The van der Waals surface area contributed by atoms with Crippen molar-refractivity contribution in [1.29, 1.82) is 0 Å². The van der Waals surface area contributed by atoms with Gasteiger partial charge < -0.3 is 20.0 Å². The number of hydrogen-bond donors (Lipinski definition) is 3. The molecule has 16 heteroatoms. The molecule has 3 aromatic heterocycles.